The predicted molar refractivity (Wildman–Crippen MR) is 61.5 cm³/mol. The number of nitrogens with zero attached hydrogens (tertiary/aromatic N) is 1. The fraction of sp³-hybridized carbons (Fsp3) is 0.0909. The topological polar surface area (TPSA) is 79.9 Å². The number of sulfone groups is 1. The molecule has 88 valence electrons. The average molecular weight is 250 g/mol. The van der Waals surface area contributed by atoms with Crippen molar-refractivity contribution in [1.29, 1.82) is 0 Å². The Kier molecular flexibility index (Phi) is 2.81. The molecule has 0 atom stereocenters. The second-order valence-corrected chi connectivity index (χ2v) is 5.48. The van der Waals surface area contributed by atoms with Crippen LogP contribution in [0.3, 0.4) is 0 Å². The molecule has 1 aromatic heterocycles. The summed E-state index contributed by atoms with van der Waals surface area (Å²) in [7, 11) is -3.66. The second-order valence-electron chi connectivity index (χ2n) is 3.58. The summed E-state index contributed by atoms with van der Waals surface area (Å²) < 4.78 is 24.2. The molecular formula is C11H10N2O3S. The molecule has 0 saturated carbocycles. The van der Waals surface area contributed by atoms with Gasteiger partial charge in [0.25, 0.3) is 5.56 Å². The van der Waals surface area contributed by atoms with Gasteiger partial charge in [0.05, 0.1) is 4.90 Å². The third-order valence-electron chi connectivity index (χ3n) is 2.23. The first-order valence-electron chi connectivity index (χ1n) is 4.87. The molecule has 0 aliphatic carbocycles. The minimum atomic E-state index is -3.66. The Hall–Kier alpha value is -1.95. The van der Waals surface area contributed by atoms with E-state index in [4.69, 9.17) is 0 Å². The quantitative estimate of drug-likeness (QED) is 0.859. The zero-order valence-corrected chi connectivity index (χ0v) is 9.86. The molecule has 0 aliphatic rings. The fourth-order valence-electron chi connectivity index (χ4n) is 1.38. The van der Waals surface area contributed by atoms with Crippen molar-refractivity contribution in [2.75, 3.05) is 0 Å². The highest BCUT2D eigenvalue weighted by Crippen LogP contribution is 2.18. The van der Waals surface area contributed by atoms with Gasteiger partial charge in [-0.3, -0.25) is 4.79 Å². The monoisotopic (exact) mass is 250 g/mol. The highest BCUT2D eigenvalue weighted by molar-refractivity contribution is 7.91. The number of H-pyrrole nitrogens is 1. The van der Waals surface area contributed by atoms with Crippen LogP contribution in [-0.4, -0.2) is 18.6 Å². The summed E-state index contributed by atoms with van der Waals surface area (Å²) in [6.45, 7) is 1.80. The van der Waals surface area contributed by atoms with E-state index in [1.807, 2.05) is 0 Å². The summed E-state index contributed by atoms with van der Waals surface area (Å²) in [6, 6.07) is 8.84. The number of aromatic amines is 1. The van der Waals surface area contributed by atoms with Crippen molar-refractivity contribution >= 4 is 9.84 Å². The highest BCUT2D eigenvalue weighted by atomic mass is 32.2. The van der Waals surface area contributed by atoms with E-state index in [1.165, 1.54) is 12.1 Å². The number of aryl methyl sites for hydroxylation is 1. The lowest BCUT2D eigenvalue weighted by Crippen LogP contribution is -2.12. The van der Waals surface area contributed by atoms with Crippen LogP contribution in [0.5, 0.6) is 0 Å². The molecule has 1 N–H and O–H groups in total. The van der Waals surface area contributed by atoms with Crippen LogP contribution in [0, 0.1) is 6.92 Å². The Labute approximate surface area is 98.0 Å². The van der Waals surface area contributed by atoms with Crippen molar-refractivity contribution in [3.63, 3.8) is 0 Å². The minimum Gasteiger partial charge on any atom is -0.268 e. The lowest BCUT2D eigenvalue weighted by molar-refractivity contribution is 0.589. The van der Waals surface area contributed by atoms with Crippen LogP contribution in [0.25, 0.3) is 0 Å². The zero-order valence-electron chi connectivity index (χ0n) is 9.04. The minimum absolute atomic E-state index is 0.164. The van der Waals surface area contributed by atoms with Gasteiger partial charge in [-0.25, -0.2) is 13.5 Å². The van der Waals surface area contributed by atoms with Gasteiger partial charge >= 0.3 is 0 Å². The van der Waals surface area contributed by atoms with Crippen LogP contribution in [0.1, 0.15) is 5.56 Å². The molecule has 2 aromatic rings. The molecule has 6 heteroatoms. The lowest BCUT2D eigenvalue weighted by Gasteiger charge is -2.03. The van der Waals surface area contributed by atoms with Crippen molar-refractivity contribution in [3.05, 3.63) is 52.3 Å². The summed E-state index contributed by atoms with van der Waals surface area (Å²) >= 11 is 0. The molecule has 2 rings (SSSR count). The first-order chi connectivity index (χ1) is 8.00. The largest absolute Gasteiger partial charge is 0.268 e. The smallest absolute Gasteiger partial charge is 0.264 e. The molecule has 0 unspecified atom stereocenters. The van der Waals surface area contributed by atoms with Gasteiger partial charge in [0.2, 0.25) is 9.84 Å². The number of benzene rings is 1. The van der Waals surface area contributed by atoms with Crippen LogP contribution in [0.15, 0.2) is 51.1 Å². The predicted octanol–water partition coefficient (Wildman–Crippen LogP) is 0.911. The highest BCUT2D eigenvalue weighted by Gasteiger charge is 2.19. The second kappa shape index (κ2) is 4.14. The van der Waals surface area contributed by atoms with E-state index in [9.17, 15) is 13.2 Å². The Bertz CT molecular complexity index is 684. The number of aromatic nitrogens is 2. The van der Waals surface area contributed by atoms with Gasteiger partial charge < -0.3 is 0 Å². The Morgan fingerprint density at radius 3 is 2.53 bits per heavy atom. The van der Waals surface area contributed by atoms with Crippen molar-refractivity contribution in [2.45, 2.75) is 16.8 Å². The lowest BCUT2D eigenvalue weighted by atomic mass is 10.2. The van der Waals surface area contributed by atoms with Gasteiger partial charge in [-0.05, 0) is 30.7 Å². The summed E-state index contributed by atoms with van der Waals surface area (Å²) in [5, 5.41) is 5.47. The molecule has 17 heavy (non-hydrogen) atoms. The molecule has 0 saturated heterocycles. The normalized spacial score (nSPS) is 11.4. The summed E-state index contributed by atoms with van der Waals surface area (Å²) in [5.41, 5.74) is 0.406. The van der Waals surface area contributed by atoms with Gasteiger partial charge in [-0.15, -0.1) is 0 Å². The van der Waals surface area contributed by atoms with Crippen LogP contribution >= 0.6 is 0 Å². The van der Waals surface area contributed by atoms with Gasteiger partial charge in [0.15, 0.2) is 5.03 Å². The van der Waals surface area contributed by atoms with E-state index in [-0.39, 0.29) is 9.92 Å². The van der Waals surface area contributed by atoms with Gasteiger partial charge in [-0.1, -0.05) is 12.1 Å². The number of hydrogen-bond donors (Lipinski definition) is 1. The van der Waals surface area contributed by atoms with Crippen molar-refractivity contribution < 1.29 is 8.42 Å². The maximum absolute atomic E-state index is 12.1. The first kappa shape index (κ1) is 11.5. The fourth-order valence-corrected chi connectivity index (χ4v) is 2.64. The zero-order chi connectivity index (χ0) is 12.5. The van der Waals surface area contributed by atoms with Crippen molar-refractivity contribution in [1.82, 2.24) is 10.2 Å². The molecule has 0 amide bonds. The van der Waals surface area contributed by atoms with Crippen LogP contribution in [0.4, 0.5) is 0 Å². The third-order valence-corrected chi connectivity index (χ3v) is 3.88. The van der Waals surface area contributed by atoms with E-state index >= 15 is 0 Å². The Balaban J connectivity index is 2.57. The van der Waals surface area contributed by atoms with Crippen molar-refractivity contribution in [2.24, 2.45) is 0 Å². The molecule has 0 radical (unpaired) electrons. The van der Waals surface area contributed by atoms with E-state index in [0.717, 1.165) is 11.6 Å². The van der Waals surface area contributed by atoms with Gasteiger partial charge in [-0.2, -0.15) is 5.10 Å². The third kappa shape index (κ3) is 2.26. The Morgan fingerprint density at radius 1 is 1.18 bits per heavy atom. The molecule has 1 aromatic carbocycles. The first-order valence-corrected chi connectivity index (χ1v) is 6.36. The average Bonchev–Trinajstić information content (AvgIpc) is 2.29. The Morgan fingerprint density at radius 2 is 1.94 bits per heavy atom. The number of hydrogen-bond acceptors (Lipinski definition) is 4. The van der Waals surface area contributed by atoms with E-state index in [0.29, 0.717) is 0 Å². The maximum Gasteiger partial charge on any atom is 0.264 e. The molecule has 0 aliphatic heterocycles. The maximum atomic E-state index is 12.1. The molecular weight excluding hydrogens is 240 g/mol. The van der Waals surface area contributed by atoms with Crippen LogP contribution < -0.4 is 5.56 Å². The van der Waals surface area contributed by atoms with E-state index in [2.05, 4.69) is 10.2 Å². The standard InChI is InChI=1S/C11H10N2O3S/c1-8-3-2-4-9(7-8)17(15,16)11-6-5-10(14)12-13-11/h2-7H,1H3,(H,12,14). The summed E-state index contributed by atoms with van der Waals surface area (Å²) in [4.78, 5) is 11.0. The molecule has 0 bridgehead atoms. The van der Waals surface area contributed by atoms with Gasteiger partial charge in [0, 0.05) is 6.07 Å². The molecule has 0 spiro atoms. The SMILES string of the molecule is Cc1cccc(S(=O)(=O)c2ccc(=O)[nH]n2)c1. The summed E-state index contributed by atoms with van der Waals surface area (Å²) in [5.74, 6) is 0. The number of nitrogens with one attached hydrogen (secondary N) is 1. The van der Waals surface area contributed by atoms with Crippen LogP contribution in [0.2, 0.25) is 0 Å². The molecule has 5 nitrogen and oxygen atoms in total. The van der Waals surface area contributed by atoms with Crippen LogP contribution in [-0.2, 0) is 9.84 Å². The van der Waals surface area contributed by atoms with E-state index in [1.54, 1.807) is 25.1 Å². The van der Waals surface area contributed by atoms with E-state index < -0.39 is 15.4 Å². The summed E-state index contributed by atoms with van der Waals surface area (Å²) in [6.07, 6.45) is 0. The van der Waals surface area contributed by atoms with Crippen molar-refractivity contribution in [3.8, 4) is 0 Å². The molecule has 0 fully saturated rings. The number of rotatable bonds is 2. The molecule has 1 heterocycles. The van der Waals surface area contributed by atoms with Gasteiger partial charge in [0.1, 0.15) is 0 Å².